The average Bonchev–Trinajstić information content (AvgIpc) is 3.12. The van der Waals surface area contributed by atoms with E-state index in [2.05, 4.69) is 4.90 Å². The fourth-order valence-corrected chi connectivity index (χ4v) is 3.04. The Labute approximate surface area is 134 Å². The van der Waals surface area contributed by atoms with Crippen molar-refractivity contribution in [3.63, 3.8) is 0 Å². The van der Waals surface area contributed by atoms with E-state index < -0.39 is 0 Å². The number of nitrogens with zero attached hydrogens (tertiary/aromatic N) is 1. The molecule has 4 rings (SSSR count). The summed E-state index contributed by atoms with van der Waals surface area (Å²) in [6.45, 7) is 1.89. The lowest BCUT2D eigenvalue weighted by atomic mass is 10.1. The first-order chi connectivity index (χ1) is 11.3. The van der Waals surface area contributed by atoms with Gasteiger partial charge in [-0.2, -0.15) is 0 Å². The molecule has 2 heterocycles. The summed E-state index contributed by atoms with van der Waals surface area (Å²) in [5.74, 6) is 2.17. The highest BCUT2D eigenvalue weighted by atomic mass is 16.6. The van der Waals surface area contributed by atoms with Crippen molar-refractivity contribution in [1.82, 2.24) is 0 Å². The zero-order valence-electron chi connectivity index (χ0n) is 12.9. The quantitative estimate of drug-likeness (QED) is 0.670. The van der Waals surface area contributed by atoms with Crippen LogP contribution in [0.3, 0.4) is 0 Å². The van der Waals surface area contributed by atoms with E-state index in [1.54, 1.807) is 6.07 Å². The van der Waals surface area contributed by atoms with E-state index in [4.69, 9.17) is 14.2 Å². The van der Waals surface area contributed by atoms with E-state index >= 15 is 0 Å². The van der Waals surface area contributed by atoms with Crippen molar-refractivity contribution in [1.29, 1.82) is 0 Å². The summed E-state index contributed by atoms with van der Waals surface area (Å²) in [4.78, 5) is 14.2. The highest BCUT2D eigenvalue weighted by molar-refractivity contribution is 5.92. The number of hydrogen-bond acceptors (Lipinski definition) is 5. The number of esters is 1. The molecular weight excluding hydrogens is 294 g/mol. The molecule has 118 valence electrons. The Bertz CT molecular complexity index is 766. The molecule has 2 aromatic carbocycles. The van der Waals surface area contributed by atoms with Gasteiger partial charge >= 0.3 is 5.97 Å². The van der Waals surface area contributed by atoms with E-state index in [1.165, 1.54) is 7.11 Å². The number of para-hydroxylation sites is 2. The Hall–Kier alpha value is -2.69. The van der Waals surface area contributed by atoms with Gasteiger partial charge in [0.15, 0.2) is 23.0 Å². The third kappa shape index (κ3) is 2.38. The Morgan fingerprint density at radius 1 is 1.04 bits per heavy atom. The standard InChI is InChI=1S/C18H17NO4/c1-21-18(20)12-10-13(19-8-4-5-9-19)17-16(11-12)22-14-6-2-3-7-15(14)23-17/h2-3,6-7,10-11H,4-5,8-9H2,1H3. The summed E-state index contributed by atoms with van der Waals surface area (Å²) in [5, 5.41) is 0. The molecule has 0 spiro atoms. The Morgan fingerprint density at radius 2 is 1.74 bits per heavy atom. The fraction of sp³-hybridized carbons (Fsp3) is 0.278. The SMILES string of the molecule is COC(=O)c1cc2c(c(N3CCCC3)c1)Oc1ccccc1O2. The second kappa shape index (κ2) is 5.50. The number of methoxy groups -OCH3 is 1. The predicted octanol–water partition coefficient (Wildman–Crippen LogP) is 3.97. The minimum Gasteiger partial charge on any atom is -0.465 e. The van der Waals surface area contributed by atoms with Crippen LogP contribution in [-0.2, 0) is 4.74 Å². The molecule has 5 heteroatoms. The molecule has 0 radical (unpaired) electrons. The fourth-order valence-electron chi connectivity index (χ4n) is 3.04. The van der Waals surface area contributed by atoms with E-state index in [0.717, 1.165) is 31.6 Å². The van der Waals surface area contributed by atoms with Gasteiger partial charge in [-0.25, -0.2) is 4.79 Å². The summed E-state index contributed by atoms with van der Waals surface area (Å²) in [7, 11) is 1.38. The van der Waals surface area contributed by atoms with E-state index in [-0.39, 0.29) is 5.97 Å². The van der Waals surface area contributed by atoms with Crippen molar-refractivity contribution in [2.75, 3.05) is 25.1 Å². The third-order valence-corrected chi connectivity index (χ3v) is 4.18. The summed E-state index contributed by atoms with van der Waals surface area (Å²) >= 11 is 0. The lowest BCUT2D eigenvalue weighted by molar-refractivity contribution is 0.0600. The Morgan fingerprint density at radius 3 is 2.43 bits per heavy atom. The number of ether oxygens (including phenoxy) is 3. The second-order valence-corrected chi connectivity index (χ2v) is 5.66. The number of hydrogen-bond donors (Lipinski definition) is 0. The molecule has 2 aromatic rings. The molecule has 23 heavy (non-hydrogen) atoms. The third-order valence-electron chi connectivity index (χ3n) is 4.18. The molecule has 0 N–H and O–H groups in total. The molecule has 0 bridgehead atoms. The molecule has 0 amide bonds. The van der Waals surface area contributed by atoms with Gasteiger partial charge in [0.05, 0.1) is 18.4 Å². The first-order valence-corrected chi connectivity index (χ1v) is 7.72. The molecule has 0 aliphatic carbocycles. The zero-order valence-corrected chi connectivity index (χ0v) is 12.9. The van der Waals surface area contributed by atoms with Crippen LogP contribution in [0.25, 0.3) is 0 Å². The van der Waals surface area contributed by atoms with Crippen LogP contribution in [0.5, 0.6) is 23.0 Å². The summed E-state index contributed by atoms with van der Waals surface area (Å²) < 4.78 is 16.9. The maximum atomic E-state index is 12.0. The molecule has 1 fully saturated rings. The zero-order chi connectivity index (χ0) is 15.8. The summed E-state index contributed by atoms with van der Waals surface area (Å²) in [5.41, 5.74) is 1.35. The first kappa shape index (κ1) is 13.9. The maximum absolute atomic E-state index is 12.0. The van der Waals surface area contributed by atoms with Gasteiger partial charge in [-0.15, -0.1) is 0 Å². The van der Waals surface area contributed by atoms with Crippen molar-refractivity contribution < 1.29 is 19.0 Å². The topological polar surface area (TPSA) is 48.0 Å². The number of carbonyl (C=O) groups excluding carboxylic acids is 1. The van der Waals surface area contributed by atoms with Crippen LogP contribution in [0.1, 0.15) is 23.2 Å². The highest BCUT2D eigenvalue weighted by Crippen LogP contribution is 2.50. The molecular formula is C18H17NO4. The minimum atomic E-state index is -0.379. The van der Waals surface area contributed by atoms with Gasteiger partial charge in [0, 0.05) is 13.1 Å². The highest BCUT2D eigenvalue weighted by Gasteiger charge is 2.27. The summed E-state index contributed by atoms with van der Waals surface area (Å²) in [6, 6.07) is 11.0. The van der Waals surface area contributed by atoms with Gasteiger partial charge in [-0.3, -0.25) is 0 Å². The second-order valence-electron chi connectivity index (χ2n) is 5.66. The number of fused-ring (bicyclic) bond motifs is 2. The van der Waals surface area contributed by atoms with E-state index in [1.807, 2.05) is 30.3 Å². The van der Waals surface area contributed by atoms with E-state index in [9.17, 15) is 4.79 Å². The molecule has 2 aliphatic heterocycles. The number of benzene rings is 2. The van der Waals surface area contributed by atoms with Crippen LogP contribution >= 0.6 is 0 Å². The van der Waals surface area contributed by atoms with Gasteiger partial charge in [0.2, 0.25) is 0 Å². The van der Waals surface area contributed by atoms with Crippen LogP contribution in [0.2, 0.25) is 0 Å². The molecule has 1 saturated heterocycles. The first-order valence-electron chi connectivity index (χ1n) is 7.72. The normalized spacial score (nSPS) is 15.3. The Balaban J connectivity index is 1.83. The molecule has 0 unspecified atom stereocenters. The van der Waals surface area contributed by atoms with Gasteiger partial charge in [0.25, 0.3) is 0 Å². The predicted molar refractivity (Wildman–Crippen MR) is 85.8 cm³/mol. The average molecular weight is 311 g/mol. The van der Waals surface area contributed by atoms with Crippen molar-refractivity contribution in [2.24, 2.45) is 0 Å². The van der Waals surface area contributed by atoms with Crippen molar-refractivity contribution >= 4 is 11.7 Å². The number of anilines is 1. The molecule has 0 aromatic heterocycles. The maximum Gasteiger partial charge on any atom is 0.338 e. The van der Waals surface area contributed by atoms with Gasteiger partial charge < -0.3 is 19.1 Å². The molecule has 0 atom stereocenters. The van der Waals surface area contributed by atoms with Crippen molar-refractivity contribution in [3.05, 3.63) is 42.0 Å². The number of rotatable bonds is 2. The largest absolute Gasteiger partial charge is 0.465 e. The van der Waals surface area contributed by atoms with Crippen molar-refractivity contribution in [3.8, 4) is 23.0 Å². The summed E-state index contributed by atoms with van der Waals surface area (Å²) in [6.07, 6.45) is 2.27. The van der Waals surface area contributed by atoms with Gasteiger partial charge in [0.1, 0.15) is 0 Å². The van der Waals surface area contributed by atoms with Gasteiger partial charge in [-0.05, 0) is 37.1 Å². The van der Waals surface area contributed by atoms with E-state index in [0.29, 0.717) is 28.6 Å². The van der Waals surface area contributed by atoms with Crippen LogP contribution in [0, 0.1) is 0 Å². The van der Waals surface area contributed by atoms with Gasteiger partial charge in [-0.1, -0.05) is 12.1 Å². The molecule has 0 saturated carbocycles. The Kier molecular flexibility index (Phi) is 3.33. The van der Waals surface area contributed by atoms with Crippen LogP contribution in [-0.4, -0.2) is 26.2 Å². The minimum absolute atomic E-state index is 0.379. The van der Waals surface area contributed by atoms with Crippen LogP contribution in [0.4, 0.5) is 5.69 Å². The van der Waals surface area contributed by atoms with Crippen LogP contribution < -0.4 is 14.4 Å². The molecule has 2 aliphatic rings. The number of carbonyl (C=O) groups is 1. The monoisotopic (exact) mass is 311 g/mol. The van der Waals surface area contributed by atoms with Crippen LogP contribution in [0.15, 0.2) is 36.4 Å². The molecule has 5 nitrogen and oxygen atoms in total. The van der Waals surface area contributed by atoms with Crippen molar-refractivity contribution in [2.45, 2.75) is 12.8 Å². The lowest BCUT2D eigenvalue weighted by Crippen LogP contribution is -2.20. The lowest BCUT2D eigenvalue weighted by Gasteiger charge is -2.27. The smallest absolute Gasteiger partial charge is 0.338 e.